The van der Waals surface area contributed by atoms with Crippen LogP contribution in [0.25, 0.3) is 11.3 Å². The highest BCUT2D eigenvalue weighted by atomic mass is 16.2. The van der Waals surface area contributed by atoms with Crippen LogP contribution >= 0.6 is 0 Å². The molecule has 7 nitrogen and oxygen atoms in total. The van der Waals surface area contributed by atoms with Crippen molar-refractivity contribution in [2.75, 3.05) is 5.32 Å². The number of pyridine rings is 1. The average Bonchev–Trinajstić information content (AvgIpc) is 3.07. The van der Waals surface area contributed by atoms with Gasteiger partial charge < -0.3 is 0 Å². The molecule has 24 heavy (non-hydrogen) atoms. The van der Waals surface area contributed by atoms with Gasteiger partial charge in [0.2, 0.25) is 0 Å². The molecule has 2 heterocycles. The Labute approximate surface area is 139 Å². The number of carbonyl (C=O) groups is 1. The van der Waals surface area contributed by atoms with Crippen LogP contribution < -0.4 is 5.32 Å². The molecule has 0 atom stereocenters. The van der Waals surface area contributed by atoms with E-state index in [2.05, 4.69) is 44.8 Å². The van der Waals surface area contributed by atoms with Crippen molar-refractivity contribution < 1.29 is 4.79 Å². The minimum absolute atomic E-state index is 0.123. The Bertz CT molecular complexity index is 814. The van der Waals surface area contributed by atoms with Gasteiger partial charge in [-0.1, -0.05) is 49.3 Å². The van der Waals surface area contributed by atoms with E-state index in [1.807, 2.05) is 42.5 Å². The zero-order valence-corrected chi connectivity index (χ0v) is 13.5. The first-order valence-corrected chi connectivity index (χ1v) is 7.73. The highest BCUT2D eigenvalue weighted by molar-refractivity contribution is 6.02. The zero-order valence-electron chi connectivity index (χ0n) is 13.5. The number of H-pyrrole nitrogens is 1. The molecule has 0 fully saturated rings. The molecule has 0 aliphatic heterocycles. The molecule has 0 unspecified atom stereocenters. The van der Waals surface area contributed by atoms with Crippen LogP contribution in [0.1, 0.15) is 29.9 Å². The molecule has 0 aliphatic carbocycles. The molecule has 122 valence electrons. The van der Waals surface area contributed by atoms with Gasteiger partial charge in [-0.2, -0.15) is 5.21 Å². The van der Waals surface area contributed by atoms with Crippen molar-refractivity contribution in [1.82, 2.24) is 25.6 Å². The fourth-order valence-electron chi connectivity index (χ4n) is 2.43. The lowest BCUT2D eigenvalue weighted by Crippen LogP contribution is -2.16. The van der Waals surface area contributed by atoms with Gasteiger partial charge in [-0.05, 0) is 35.2 Å². The van der Waals surface area contributed by atoms with Gasteiger partial charge in [0.15, 0.2) is 0 Å². The highest BCUT2D eigenvalue weighted by Gasteiger charge is 2.14. The van der Waals surface area contributed by atoms with Crippen molar-refractivity contribution in [2.24, 2.45) is 5.92 Å². The number of anilines is 1. The molecule has 2 aromatic heterocycles. The minimum atomic E-state index is -0.362. The summed E-state index contributed by atoms with van der Waals surface area (Å²) in [7, 11) is 0. The minimum Gasteiger partial charge on any atom is -0.286 e. The maximum atomic E-state index is 12.4. The van der Waals surface area contributed by atoms with E-state index in [9.17, 15) is 4.79 Å². The molecule has 0 bridgehead atoms. The maximum absolute atomic E-state index is 12.4. The number of tetrazole rings is 1. The van der Waals surface area contributed by atoms with Crippen molar-refractivity contribution in [3.05, 3.63) is 53.7 Å². The van der Waals surface area contributed by atoms with Gasteiger partial charge >= 0.3 is 0 Å². The number of amides is 1. The van der Waals surface area contributed by atoms with Crippen molar-refractivity contribution in [3.8, 4) is 11.3 Å². The number of aromatic nitrogens is 5. The summed E-state index contributed by atoms with van der Waals surface area (Å²) < 4.78 is 0. The van der Waals surface area contributed by atoms with E-state index in [1.54, 1.807) is 0 Å². The molecule has 1 amide bonds. The largest absolute Gasteiger partial charge is 0.286 e. The van der Waals surface area contributed by atoms with Crippen LogP contribution in [0.2, 0.25) is 0 Å². The molecule has 0 radical (unpaired) electrons. The van der Waals surface area contributed by atoms with Crippen molar-refractivity contribution >= 4 is 11.9 Å². The van der Waals surface area contributed by atoms with Gasteiger partial charge in [0.25, 0.3) is 11.9 Å². The van der Waals surface area contributed by atoms with Crippen LogP contribution in [0.4, 0.5) is 5.95 Å². The third kappa shape index (κ3) is 3.81. The predicted molar refractivity (Wildman–Crippen MR) is 90.3 cm³/mol. The van der Waals surface area contributed by atoms with Crippen LogP contribution in [0, 0.1) is 5.92 Å². The molecule has 1 aromatic carbocycles. The Morgan fingerprint density at radius 1 is 1.21 bits per heavy atom. The van der Waals surface area contributed by atoms with E-state index in [0.717, 1.165) is 23.2 Å². The first-order chi connectivity index (χ1) is 11.6. The normalized spacial score (nSPS) is 10.8. The summed E-state index contributed by atoms with van der Waals surface area (Å²) >= 11 is 0. The Balaban J connectivity index is 1.96. The zero-order chi connectivity index (χ0) is 16.9. The Hall–Kier alpha value is -3.09. The van der Waals surface area contributed by atoms with Gasteiger partial charge in [0.1, 0.15) is 5.69 Å². The standard InChI is InChI=1S/C17H18N6O/c1-11(2)8-12-9-14(13-6-4-3-5-7-13)18-15(10-12)16(24)19-17-20-22-23-21-17/h3-7,9-11H,8H2,1-2H3,(H2,19,20,21,22,23,24). The van der Waals surface area contributed by atoms with E-state index in [0.29, 0.717) is 11.6 Å². The number of carbonyl (C=O) groups excluding carboxylic acids is 1. The van der Waals surface area contributed by atoms with E-state index >= 15 is 0 Å². The molecular formula is C17H18N6O. The SMILES string of the molecule is CC(C)Cc1cc(C(=O)Nc2nn[nH]n2)nc(-c2ccccc2)c1. The summed E-state index contributed by atoms with van der Waals surface area (Å²) in [6, 6.07) is 13.6. The first-order valence-electron chi connectivity index (χ1n) is 7.73. The van der Waals surface area contributed by atoms with Crippen LogP contribution in [-0.2, 0) is 6.42 Å². The van der Waals surface area contributed by atoms with Crippen LogP contribution in [0.3, 0.4) is 0 Å². The Kier molecular flexibility index (Phi) is 4.60. The van der Waals surface area contributed by atoms with Crippen molar-refractivity contribution in [3.63, 3.8) is 0 Å². The topological polar surface area (TPSA) is 96.5 Å². The lowest BCUT2D eigenvalue weighted by molar-refractivity contribution is 0.102. The quantitative estimate of drug-likeness (QED) is 0.753. The summed E-state index contributed by atoms with van der Waals surface area (Å²) in [5.74, 6) is 0.237. The van der Waals surface area contributed by atoms with E-state index in [-0.39, 0.29) is 11.9 Å². The summed E-state index contributed by atoms with van der Waals surface area (Å²) in [6.45, 7) is 4.28. The predicted octanol–water partition coefficient (Wildman–Crippen LogP) is 2.71. The second kappa shape index (κ2) is 6.99. The van der Waals surface area contributed by atoms with Gasteiger partial charge in [-0.3, -0.25) is 10.1 Å². The number of benzene rings is 1. The van der Waals surface area contributed by atoms with Gasteiger partial charge in [0.05, 0.1) is 5.69 Å². The molecular weight excluding hydrogens is 304 g/mol. The summed E-state index contributed by atoms with van der Waals surface area (Å²) in [5.41, 5.74) is 3.14. The summed E-state index contributed by atoms with van der Waals surface area (Å²) in [4.78, 5) is 16.9. The van der Waals surface area contributed by atoms with Crippen molar-refractivity contribution in [1.29, 1.82) is 0 Å². The fourth-order valence-corrected chi connectivity index (χ4v) is 2.43. The number of nitrogens with one attached hydrogen (secondary N) is 2. The van der Waals surface area contributed by atoms with E-state index < -0.39 is 0 Å². The highest BCUT2D eigenvalue weighted by Crippen LogP contribution is 2.21. The van der Waals surface area contributed by atoms with Crippen LogP contribution in [0.5, 0.6) is 0 Å². The van der Waals surface area contributed by atoms with E-state index in [1.165, 1.54) is 0 Å². The molecule has 0 saturated heterocycles. The molecule has 0 saturated carbocycles. The third-order valence-corrected chi connectivity index (χ3v) is 3.40. The number of aromatic amines is 1. The number of rotatable bonds is 5. The maximum Gasteiger partial charge on any atom is 0.276 e. The summed E-state index contributed by atoms with van der Waals surface area (Å²) in [5, 5.41) is 15.7. The van der Waals surface area contributed by atoms with Crippen LogP contribution in [-0.4, -0.2) is 31.5 Å². The monoisotopic (exact) mass is 322 g/mol. The molecule has 0 aliphatic rings. The smallest absolute Gasteiger partial charge is 0.276 e. The molecule has 2 N–H and O–H groups in total. The second-order valence-electron chi connectivity index (χ2n) is 5.90. The van der Waals surface area contributed by atoms with Gasteiger partial charge in [-0.15, -0.1) is 5.10 Å². The Morgan fingerprint density at radius 2 is 2.00 bits per heavy atom. The number of nitrogens with zero attached hydrogens (tertiary/aromatic N) is 4. The lowest BCUT2D eigenvalue weighted by Gasteiger charge is -2.10. The Morgan fingerprint density at radius 3 is 2.67 bits per heavy atom. The molecule has 0 spiro atoms. The second-order valence-corrected chi connectivity index (χ2v) is 5.90. The van der Waals surface area contributed by atoms with Gasteiger partial charge in [-0.25, -0.2) is 4.98 Å². The molecule has 3 aromatic rings. The third-order valence-electron chi connectivity index (χ3n) is 3.40. The van der Waals surface area contributed by atoms with E-state index in [4.69, 9.17) is 0 Å². The average molecular weight is 322 g/mol. The number of hydrogen-bond donors (Lipinski definition) is 2. The van der Waals surface area contributed by atoms with Crippen LogP contribution in [0.15, 0.2) is 42.5 Å². The molecule has 7 heteroatoms. The molecule has 3 rings (SSSR count). The fraction of sp³-hybridized carbons (Fsp3) is 0.235. The first kappa shape index (κ1) is 15.8. The summed E-state index contributed by atoms with van der Waals surface area (Å²) in [6.07, 6.45) is 0.866. The number of hydrogen-bond acceptors (Lipinski definition) is 5. The lowest BCUT2D eigenvalue weighted by atomic mass is 10.0. The van der Waals surface area contributed by atoms with Crippen molar-refractivity contribution in [2.45, 2.75) is 20.3 Å². The van der Waals surface area contributed by atoms with Gasteiger partial charge in [0, 0.05) is 5.56 Å².